The summed E-state index contributed by atoms with van der Waals surface area (Å²) in [5.41, 5.74) is 4.48. The molecule has 6 rings (SSSR count). The lowest BCUT2D eigenvalue weighted by Crippen LogP contribution is -2.08. The Hall–Kier alpha value is -4.67. The van der Waals surface area contributed by atoms with Crippen LogP contribution in [0, 0.1) is 13.8 Å². The molecular formula is C28H23F2N5O4. The van der Waals surface area contributed by atoms with Gasteiger partial charge in [0.15, 0.2) is 0 Å². The summed E-state index contributed by atoms with van der Waals surface area (Å²) in [5, 5.41) is 14.2. The van der Waals surface area contributed by atoms with Crippen LogP contribution >= 0.6 is 0 Å². The van der Waals surface area contributed by atoms with E-state index in [-0.39, 0.29) is 11.3 Å². The molecule has 39 heavy (non-hydrogen) atoms. The smallest absolute Gasteiger partial charge is 0.335 e. The first-order valence-electron chi connectivity index (χ1n) is 12.4. The van der Waals surface area contributed by atoms with Crippen LogP contribution in [-0.4, -0.2) is 48.8 Å². The lowest BCUT2D eigenvalue weighted by molar-refractivity contribution is 0.0695. The summed E-state index contributed by atoms with van der Waals surface area (Å²) in [5.74, 6) is 0.661. The number of aromatic carboxylic acids is 1. The van der Waals surface area contributed by atoms with Crippen molar-refractivity contribution < 1.29 is 27.9 Å². The standard InChI is InChI=1S/C28H23F2N5O4/c1-14-25(15(2)39-34-14)18-7-21-22(20-6-5-17(28(36)37)8-23(20)38-13-24(29)30)12-35(27(21)33-9-18)19-10-31-26(32-11-19)16-3-4-16/h5-12,16,24H,3-4,13H2,1-2H3,(H,36,37). The Labute approximate surface area is 221 Å². The number of aromatic nitrogens is 5. The second kappa shape index (κ2) is 9.57. The summed E-state index contributed by atoms with van der Waals surface area (Å²) < 4.78 is 38.7. The normalized spacial score (nSPS) is 13.4. The topological polar surface area (TPSA) is 116 Å². The minimum atomic E-state index is -2.73. The summed E-state index contributed by atoms with van der Waals surface area (Å²) in [7, 11) is 0. The number of pyridine rings is 1. The van der Waals surface area contributed by atoms with Crippen molar-refractivity contribution in [3.63, 3.8) is 0 Å². The molecule has 1 aliphatic rings. The molecule has 0 amide bonds. The van der Waals surface area contributed by atoms with E-state index in [0.29, 0.717) is 45.2 Å². The van der Waals surface area contributed by atoms with Gasteiger partial charge < -0.3 is 14.4 Å². The number of carbonyl (C=O) groups is 1. The Morgan fingerprint density at radius 3 is 2.54 bits per heavy atom. The molecule has 4 aromatic heterocycles. The van der Waals surface area contributed by atoms with Gasteiger partial charge in [-0.1, -0.05) is 5.16 Å². The first kappa shape index (κ1) is 24.7. The predicted molar refractivity (Wildman–Crippen MR) is 138 cm³/mol. The lowest BCUT2D eigenvalue weighted by atomic mass is 10.00. The van der Waals surface area contributed by atoms with Crippen LogP contribution in [0.15, 0.2) is 53.6 Å². The van der Waals surface area contributed by atoms with E-state index in [4.69, 9.17) is 14.2 Å². The highest BCUT2D eigenvalue weighted by Crippen LogP contribution is 2.41. The molecule has 0 atom stereocenters. The van der Waals surface area contributed by atoms with E-state index in [0.717, 1.165) is 29.8 Å². The quantitative estimate of drug-likeness (QED) is 0.260. The van der Waals surface area contributed by atoms with Gasteiger partial charge in [0.1, 0.15) is 29.6 Å². The summed E-state index contributed by atoms with van der Waals surface area (Å²) in [6, 6.07) is 6.14. The maximum absolute atomic E-state index is 13.1. The second-order valence-electron chi connectivity index (χ2n) is 9.50. The molecule has 1 saturated carbocycles. The number of hydrogen-bond acceptors (Lipinski definition) is 7. The van der Waals surface area contributed by atoms with E-state index in [1.165, 1.54) is 12.1 Å². The molecule has 1 fully saturated rings. The van der Waals surface area contributed by atoms with Gasteiger partial charge >= 0.3 is 5.97 Å². The highest BCUT2D eigenvalue weighted by Gasteiger charge is 2.27. The van der Waals surface area contributed by atoms with Crippen molar-refractivity contribution in [2.75, 3.05) is 6.61 Å². The van der Waals surface area contributed by atoms with Gasteiger partial charge in [-0.2, -0.15) is 0 Å². The van der Waals surface area contributed by atoms with Gasteiger partial charge in [-0.05, 0) is 51.0 Å². The van der Waals surface area contributed by atoms with Crippen LogP contribution in [0.3, 0.4) is 0 Å². The highest BCUT2D eigenvalue weighted by atomic mass is 19.3. The average Bonchev–Trinajstić information content (AvgIpc) is 3.63. The molecule has 0 spiro atoms. The van der Waals surface area contributed by atoms with Crippen molar-refractivity contribution in [3.8, 4) is 33.7 Å². The number of halogens is 2. The zero-order valence-corrected chi connectivity index (χ0v) is 21.1. The molecule has 0 radical (unpaired) electrons. The number of ether oxygens (including phenoxy) is 1. The van der Waals surface area contributed by atoms with Crippen molar-refractivity contribution in [1.29, 1.82) is 0 Å². The molecule has 5 aromatic rings. The first-order valence-corrected chi connectivity index (χ1v) is 12.4. The zero-order chi connectivity index (χ0) is 27.3. The number of fused-ring (bicyclic) bond motifs is 1. The number of aryl methyl sites for hydroxylation is 2. The number of hydrogen-bond donors (Lipinski definition) is 1. The van der Waals surface area contributed by atoms with Gasteiger partial charge in [-0.15, -0.1) is 0 Å². The predicted octanol–water partition coefficient (Wildman–Crippen LogP) is 5.97. The Kier molecular flexibility index (Phi) is 6.05. The van der Waals surface area contributed by atoms with Crippen molar-refractivity contribution in [2.24, 2.45) is 0 Å². The SMILES string of the molecule is Cc1noc(C)c1-c1cnc2c(c1)c(-c1ccc(C(=O)O)cc1OCC(F)F)cn2-c1cnc(C2CC2)nc1. The minimum Gasteiger partial charge on any atom is -0.487 e. The van der Waals surface area contributed by atoms with Crippen LogP contribution in [0.25, 0.3) is 39.0 Å². The number of rotatable bonds is 8. The van der Waals surface area contributed by atoms with Gasteiger partial charge in [-0.25, -0.2) is 28.5 Å². The number of carboxylic acid groups (broad SMARTS) is 1. The van der Waals surface area contributed by atoms with Gasteiger partial charge in [0, 0.05) is 46.0 Å². The van der Waals surface area contributed by atoms with Gasteiger partial charge in [0.05, 0.1) is 29.3 Å². The fraction of sp³-hybridized carbons (Fsp3) is 0.250. The molecule has 4 heterocycles. The third-order valence-corrected chi connectivity index (χ3v) is 6.73. The highest BCUT2D eigenvalue weighted by molar-refractivity contribution is 5.99. The molecule has 11 heteroatoms. The number of benzene rings is 1. The molecule has 0 aliphatic heterocycles. The molecule has 198 valence electrons. The fourth-order valence-electron chi connectivity index (χ4n) is 4.71. The first-order chi connectivity index (χ1) is 18.8. The van der Waals surface area contributed by atoms with Gasteiger partial charge in [0.25, 0.3) is 6.43 Å². The third-order valence-electron chi connectivity index (χ3n) is 6.73. The van der Waals surface area contributed by atoms with Crippen LogP contribution in [0.4, 0.5) is 8.78 Å². The van der Waals surface area contributed by atoms with Gasteiger partial charge in [0.2, 0.25) is 0 Å². The number of nitrogens with zero attached hydrogens (tertiary/aromatic N) is 5. The zero-order valence-electron chi connectivity index (χ0n) is 21.1. The maximum atomic E-state index is 13.1. The Balaban J connectivity index is 1.56. The Morgan fingerprint density at radius 1 is 1.13 bits per heavy atom. The van der Waals surface area contributed by atoms with E-state index in [1.807, 2.05) is 24.5 Å². The van der Waals surface area contributed by atoms with Crippen LogP contribution < -0.4 is 4.74 Å². The molecule has 9 nitrogen and oxygen atoms in total. The molecule has 1 aromatic carbocycles. The molecule has 1 N–H and O–H groups in total. The molecule has 0 bridgehead atoms. The molecule has 1 aliphatic carbocycles. The van der Waals surface area contributed by atoms with Crippen molar-refractivity contribution in [1.82, 2.24) is 24.7 Å². The summed E-state index contributed by atoms with van der Waals surface area (Å²) >= 11 is 0. The van der Waals surface area contributed by atoms with E-state index < -0.39 is 19.0 Å². The molecule has 0 saturated heterocycles. The number of carboxylic acids is 1. The van der Waals surface area contributed by atoms with Gasteiger partial charge in [-0.3, -0.25) is 4.57 Å². The van der Waals surface area contributed by atoms with E-state index in [1.54, 1.807) is 30.9 Å². The summed E-state index contributed by atoms with van der Waals surface area (Å²) in [6.07, 6.45) is 6.41. The minimum absolute atomic E-state index is 0.0253. The van der Waals surface area contributed by atoms with Crippen molar-refractivity contribution in [3.05, 3.63) is 71.9 Å². The Bertz CT molecular complexity index is 1690. The number of alkyl halides is 2. The van der Waals surface area contributed by atoms with Crippen LogP contribution in [0.2, 0.25) is 0 Å². The van der Waals surface area contributed by atoms with Crippen LogP contribution in [-0.2, 0) is 0 Å². The summed E-state index contributed by atoms with van der Waals surface area (Å²) in [6.45, 7) is 2.76. The van der Waals surface area contributed by atoms with E-state index in [2.05, 4.69) is 15.1 Å². The van der Waals surface area contributed by atoms with E-state index in [9.17, 15) is 18.7 Å². The second-order valence-corrected chi connectivity index (χ2v) is 9.50. The largest absolute Gasteiger partial charge is 0.487 e. The maximum Gasteiger partial charge on any atom is 0.335 e. The fourth-order valence-corrected chi connectivity index (χ4v) is 4.71. The average molecular weight is 532 g/mol. The molecule has 0 unspecified atom stereocenters. The Morgan fingerprint density at radius 2 is 1.90 bits per heavy atom. The molecular weight excluding hydrogens is 508 g/mol. The van der Waals surface area contributed by atoms with Crippen molar-refractivity contribution >= 4 is 17.0 Å². The van der Waals surface area contributed by atoms with Crippen molar-refractivity contribution in [2.45, 2.75) is 39.0 Å². The van der Waals surface area contributed by atoms with E-state index >= 15 is 0 Å². The van der Waals surface area contributed by atoms with Crippen LogP contribution in [0.1, 0.15) is 46.4 Å². The van der Waals surface area contributed by atoms with Crippen LogP contribution in [0.5, 0.6) is 5.75 Å². The third kappa shape index (κ3) is 4.60. The monoisotopic (exact) mass is 531 g/mol. The lowest BCUT2D eigenvalue weighted by Gasteiger charge is -2.12. The summed E-state index contributed by atoms with van der Waals surface area (Å²) in [4.78, 5) is 25.4.